The molecular formula is C16H21NO4. The molecule has 0 aliphatic carbocycles. The Morgan fingerprint density at radius 2 is 2.05 bits per heavy atom. The topological polar surface area (TPSA) is 78.8 Å². The van der Waals surface area contributed by atoms with Crippen LogP contribution in [0, 0.1) is 0 Å². The number of esters is 1. The zero-order chi connectivity index (χ0) is 14.8. The van der Waals surface area contributed by atoms with Gasteiger partial charge in [0.1, 0.15) is 12.0 Å². The van der Waals surface area contributed by atoms with Crippen LogP contribution in [0.15, 0.2) is 30.3 Å². The summed E-state index contributed by atoms with van der Waals surface area (Å²) in [5.41, 5.74) is 0.766. The lowest BCUT2D eigenvalue weighted by molar-refractivity contribution is -0.153. The molecule has 2 saturated heterocycles. The van der Waals surface area contributed by atoms with E-state index in [-0.39, 0.29) is 36.9 Å². The van der Waals surface area contributed by atoms with Crippen LogP contribution < -0.4 is 5.32 Å². The minimum absolute atomic E-state index is 0.0193. The summed E-state index contributed by atoms with van der Waals surface area (Å²) >= 11 is 0. The highest BCUT2D eigenvalue weighted by atomic mass is 16.5. The van der Waals surface area contributed by atoms with E-state index < -0.39 is 5.92 Å². The van der Waals surface area contributed by atoms with Gasteiger partial charge in [-0.25, -0.2) is 0 Å². The van der Waals surface area contributed by atoms with Crippen molar-refractivity contribution in [3.63, 3.8) is 0 Å². The second kappa shape index (κ2) is 6.13. The lowest BCUT2D eigenvalue weighted by Gasteiger charge is -2.30. The van der Waals surface area contributed by atoms with E-state index >= 15 is 0 Å². The first-order valence-corrected chi connectivity index (χ1v) is 7.47. The molecule has 3 rings (SSSR count). The minimum atomic E-state index is -0.635. The number of hydrogen-bond donors (Lipinski definition) is 3. The minimum Gasteiger partial charge on any atom is -0.462 e. The van der Waals surface area contributed by atoms with E-state index in [1.165, 1.54) is 0 Å². The van der Waals surface area contributed by atoms with Crippen LogP contribution in [-0.2, 0) is 9.53 Å². The first-order valence-electron chi connectivity index (χ1n) is 7.47. The maximum absolute atomic E-state index is 12.3. The van der Waals surface area contributed by atoms with Gasteiger partial charge in [0, 0.05) is 18.5 Å². The fourth-order valence-electron chi connectivity index (χ4n) is 3.37. The molecule has 0 radical (unpaired) electrons. The van der Waals surface area contributed by atoms with Crippen LogP contribution in [-0.4, -0.2) is 47.1 Å². The van der Waals surface area contributed by atoms with Crippen molar-refractivity contribution < 1.29 is 19.7 Å². The van der Waals surface area contributed by atoms with Gasteiger partial charge in [-0.3, -0.25) is 4.79 Å². The van der Waals surface area contributed by atoms with E-state index in [1.54, 1.807) is 0 Å². The molecule has 3 N–H and O–H groups in total. The standard InChI is InChI=1S/C16H21NO4/c18-9-13(10-4-2-1-3-5-10)16(20)21-12-6-11-7-15(19)14(8-12)17-11/h1-5,11-15,17-19H,6-9H2/t11-,12-,13+,14+,15-/m0/s1. The maximum Gasteiger partial charge on any atom is 0.316 e. The number of hydrogen-bond acceptors (Lipinski definition) is 5. The summed E-state index contributed by atoms with van der Waals surface area (Å²) in [5.74, 6) is -1.02. The predicted octanol–water partition coefficient (Wildman–Crippen LogP) is 0.559. The number of fused-ring (bicyclic) bond motifs is 2. The van der Waals surface area contributed by atoms with Gasteiger partial charge in [0.2, 0.25) is 0 Å². The predicted molar refractivity (Wildman–Crippen MR) is 76.7 cm³/mol. The normalized spacial score (nSPS) is 32.7. The van der Waals surface area contributed by atoms with Gasteiger partial charge in [-0.1, -0.05) is 30.3 Å². The Labute approximate surface area is 123 Å². The number of carbonyl (C=O) groups excluding carboxylic acids is 1. The Bertz CT molecular complexity index is 490. The molecule has 0 spiro atoms. The second-order valence-corrected chi connectivity index (χ2v) is 5.95. The van der Waals surface area contributed by atoms with Crippen LogP contribution in [0.2, 0.25) is 0 Å². The van der Waals surface area contributed by atoms with Crippen molar-refractivity contribution in [2.75, 3.05) is 6.61 Å². The van der Waals surface area contributed by atoms with Crippen LogP contribution in [0.25, 0.3) is 0 Å². The Morgan fingerprint density at radius 3 is 2.71 bits per heavy atom. The summed E-state index contributed by atoms with van der Waals surface area (Å²) in [6, 6.07) is 9.43. The quantitative estimate of drug-likeness (QED) is 0.707. The third-order valence-electron chi connectivity index (χ3n) is 4.46. The van der Waals surface area contributed by atoms with Crippen molar-refractivity contribution in [2.45, 2.75) is 49.5 Å². The average molecular weight is 291 g/mol. The second-order valence-electron chi connectivity index (χ2n) is 5.95. The van der Waals surface area contributed by atoms with Crippen molar-refractivity contribution in [3.8, 4) is 0 Å². The van der Waals surface area contributed by atoms with E-state index in [2.05, 4.69) is 5.32 Å². The fourth-order valence-corrected chi connectivity index (χ4v) is 3.37. The summed E-state index contributed by atoms with van der Waals surface area (Å²) in [4.78, 5) is 12.3. The molecule has 1 aromatic carbocycles. The van der Waals surface area contributed by atoms with Crippen molar-refractivity contribution in [1.82, 2.24) is 5.32 Å². The van der Waals surface area contributed by atoms with E-state index in [0.717, 1.165) is 18.4 Å². The molecule has 2 fully saturated rings. The largest absolute Gasteiger partial charge is 0.462 e. The summed E-state index contributed by atoms with van der Waals surface area (Å²) in [6.45, 7) is -0.261. The van der Waals surface area contributed by atoms with Crippen LogP contribution >= 0.6 is 0 Å². The number of carbonyl (C=O) groups is 1. The highest BCUT2D eigenvalue weighted by Crippen LogP contribution is 2.30. The van der Waals surface area contributed by atoms with E-state index in [0.29, 0.717) is 6.42 Å². The first kappa shape index (κ1) is 14.5. The summed E-state index contributed by atoms with van der Waals surface area (Å²) in [6.07, 6.45) is 1.56. The van der Waals surface area contributed by atoms with Gasteiger partial charge in [-0.2, -0.15) is 0 Å². The van der Waals surface area contributed by atoms with Crippen LogP contribution in [0.1, 0.15) is 30.7 Å². The molecule has 0 unspecified atom stereocenters. The molecule has 5 nitrogen and oxygen atoms in total. The number of rotatable bonds is 4. The SMILES string of the molecule is O=C(O[C@H]1C[C@H]2C[C@H](O)[C@@H](C1)N2)[C@H](CO)c1ccccc1. The van der Waals surface area contributed by atoms with Crippen LogP contribution in [0.5, 0.6) is 0 Å². The molecule has 5 atom stereocenters. The van der Waals surface area contributed by atoms with Crippen molar-refractivity contribution in [2.24, 2.45) is 0 Å². The average Bonchev–Trinajstić information content (AvgIpc) is 2.74. The third kappa shape index (κ3) is 3.10. The smallest absolute Gasteiger partial charge is 0.316 e. The molecule has 1 aromatic rings. The highest BCUT2D eigenvalue weighted by Gasteiger charge is 2.41. The molecule has 2 aliphatic rings. The first-order chi connectivity index (χ1) is 10.2. The maximum atomic E-state index is 12.3. The summed E-state index contributed by atoms with van der Waals surface area (Å²) in [7, 11) is 0. The Balaban J connectivity index is 1.63. The van der Waals surface area contributed by atoms with Crippen molar-refractivity contribution in [3.05, 3.63) is 35.9 Å². The summed E-state index contributed by atoms with van der Waals surface area (Å²) in [5, 5.41) is 22.7. The molecule has 0 amide bonds. The van der Waals surface area contributed by atoms with Crippen molar-refractivity contribution in [1.29, 1.82) is 0 Å². The molecule has 2 bridgehead atoms. The zero-order valence-electron chi connectivity index (χ0n) is 11.8. The number of piperidine rings is 1. The van der Waals surface area contributed by atoms with Gasteiger partial charge in [-0.05, 0) is 18.4 Å². The molecule has 0 aromatic heterocycles. The number of aliphatic hydroxyl groups excluding tert-OH is 2. The van der Waals surface area contributed by atoms with Crippen molar-refractivity contribution >= 4 is 5.97 Å². The third-order valence-corrected chi connectivity index (χ3v) is 4.46. The number of aliphatic hydroxyl groups is 2. The molecule has 114 valence electrons. The van der Waals surface area contributed by atoms with Gasteiger partial charge in [-0.15, -0.1) is 0 Å². The number of nitrogens with one attached hydrogen (secondary N) is 1. The molecule has 21 heavy (non-hydrogen) atoms. The molecule has 2 aliphatic heterocycles. The van der Waals surface area contributed by atoms with Gasteiger partial charge in [0.15, 0.2) is 0 Å². The molecule has 5 heteroatoms. The fraction of sp³-hybridized carbons (Fsp3) is 0.562. The number of benzene rings is 1. The molecule has 2 heterocycles. The lowest BCUT2D eigenvalue weighted by atomic mass is 9.99. The summed E-state index contributed by atoms with van der Waals surface area (Å²) < 4.78 is 5.58. The van der Waals surface area contributed by atoms with Gasteiger partial charge >= 0.3 is 5.97 Å². The van der Waals surface area contributed by atoms with E-state index in [9.17, 15) is 15.0 Å². The Hall–Kier alpha value is -1.43. The molecular weight excluding hydrogens is 270 g/mol. The lowest BCUT2D eigenvalue weighted by Crippen LogP contribution is -2.44. The van der Waals surface area contributed by atoms with Crippen LogP contribution in [0.3, 0.4) is 0 Å². The number of ether oxygens (including phenoxy) is 1. The Kier molecular flexibility index (Phi) is 4.24. The van der Waals surface area contributed by atoms with Gasteiger partial charge < -0.3 is 20.3 Å². The molecule has 0 saturated carbocycles. The van der Waals surface area contributed by atoms with Gasteiger partial charge in [0.05, 0.1) is 12.7 Å². The highest BCUT2D eigenvalue weighted by molar-refractivity contribution is 5.78. The zero-order valence-corrected chi connectivity index (χ0v) is 11.8. The Morgan fingerprint density at radius 1 is 1.29 bits per heavy atom. The van der Waals surface area contributed by atoms with E-state index in [1.807, 2.05) is 30.3 Å². The van der Waals surface area contributed by atoms with Crippen LogP contribution in [0.4, 0.5) is 0 Å². The van der Waals surface area contributed by atoms with E-state index in [4.69, 9.17) is 4.74 Å². The van der Waals surface area contributed by atoms with Gasteiger partial charge in [0.25, 0.3) is 0 Å². The monoisotopic (exact) mass is 291 g/mol.